The van der Waals surface area contributed by atoms with Gasteiger partial charge in [0.05, 0.1) is 18.8 Å². The molecule has 0 aromatic heterocycles. The third kappa shape index (κ3) is 4.44. The van der Waals surface area contributed by atoms with Crippen LogP contribution >= 0.6 is 19.2 Å². The van der Waals surface area contributed by atoms with E-state index in [-0.39, 0.29) is 23.8 Å². The Bertz CT molecular complexity index is 529. The largest absolute Gasteiger partial charge is 0.416 e. The molecule has 0 heterocycles. The number of hydrogen-bond donors (Lipinski definition) is 1. The van der Waals surface area contributed by atoms with Crippen molar-refractivity contribution >= 4 is 19.2 Å². The molecule has 0 radical (unpaired) electrons. The van der Waals surface area contributed by atoms with Crippen molar-refractivity contribution in [1.82, 2.24) is 0 Å². The summed E-state index contributed by atoms with van der Waals surface area (Å²) in [6, 6.07) is 3.06. The van der Waals surface area contributed by atoms with Crippen molar-refractivity contribution in [3.8, 4) is 0 Å². The van der Waals surface area contributed by atoms with Gasteiger partial charge in [-0.25, -0.2) is 0 Å². The Kier molecular flexibility index (Phi) is 6.25. The first-order chi connectivity index (χ1) is 9.65. The van der Waals surface area contributed by atoms with Crippen LogP contribution in [0.15, 0.2) is 18.2 Å². The molecule has 4 nitrogen and oxygen atoms in total. The quantitative estimate of drug-likeness (QED) is 0.766. The van der Waals surface area contributed by atoms with Crippen LogP contribution in [-0.4, -0.2) is 13.2 Å². The Morgan fingerprint density at radius 2 is 1.81 bits per heavy atom. The van der Waals surface area contributed by atoms with E-state index < -0.39 is 25.1 Å². The third-order valence-electron chi connectivity index (χ3n) is 2.60. The van der Waals surface area contributed by atoms with E-state index in [0.717, 1.165) is 12.1 Å². The van der Waals surface area contributed by atoms with Crippen LogP contribution in [0.25, 0.3) is 0 Å². The fraction of sp³-hybridized carbons (Fsp3) is 0.500. The van der Waals surface area contributed by atoms with Gasteiger partial charge in [-0.15, -0.1) is 0 Å². The fourth-order valence-electron chi connectivity index (χ4n) is 1.76. The van der Waals surface area contributed by atoms with E-state index in [2.05, 4.69) is 0 Å². The molecule has 1 rings (SSSR count). The van der Waals surface area contributed by atoms with E-state index in [1.165, 1.54) is 6.07 Å². The van der Waals surface area contributed by atoms with Crippen molar-refractivity contribution in [2.24, 2.45) is 5.73 Å². The molecule has 0 aliphatic heterocycles. The van der Waals surface area contributed by atoms with Crippen LogP contribution < -0.4 is 5.73 Å². The third-order valence-corrected chi connectivity index (χ3v) is 5.03. The predicted octanol–water partition coefficient (Wildman–Crippen LogP) is 4.58. The van der Waals surface area contributed by atoms with E-state index >= 15 is 0 Å². The maximum Gasteiger partial charge on any atom is 0.416 e. The Labute approximate surface area is 125 Å². The van der Waals surface area contributed by atoms with Gasteiger partial charge in [-0.3, -0.25) is 4.57 Å². The van der Waals surface area contributed by atoms with Gasteiger partial charge in [0.25, 0.3) is 0 Å². The standard InChI is InChI=1S/C12H16ClF3NO3P/c1-3-19-21(18,20-4-2)11(17)9-6-5-8(13)7-10(9)12(14,15)16/h5-7,11H,3-4,17H2,1-2H3/t11-/m0/s1. The number of alkyl halides is 3. The highest BCUT2D eigenvalue weighted by atomic mass is 35.5. The summed E-state index contributed by atoms with van der Waals surface area (Å²) in [5.74, 6) is -1.55. The lowest BCUT2D eigenvalue weighted by molar-refractivity contribution is -0.138. The molecule has 0 unspecified atom stereocenters. The van der Waals surface area contributed by atoms with Crippen molar-refractivity contribution in [3.63, 3.8) is 0 Å². The van der Waals surface area contributed by atoms with E-state index in [4.69, 9.17) is 26.4 Å². The van der Waals surface area contributed by atoms with Crippen LogP contribution in [-0.2, 0) is 19.8 Å². The molecule has 1 aromatic rings. The van der Waals surface area contributed by atoms with Crippen molar-refractivity contribution in [3.05, 3.63) is 34.3 Å². The first kappa shape index (κ1) is 18.5. The highest BCUT2D eigenvalue weighted by Gasteiger charge is 2.41. The molecule has 0 aliphatic carbocycles. The van der Waals surface area contributed by atoms with Crippen molar-refractivity contribution < 1.29 is 26.8 Å². The summed E-state index contributed by atoms with van der Waals surface area (Å²) in [5.41, 5.74) is 4.31. The molecule has 0 bridgehead atoms. The lowest BCUT2D eigenvalue weighted by Gasteiger charge is -2.25. The highest BCUT2D eigenvalue weighted by Crippen LogP contribution is 2.59. The number of nitrogens with two attached hydrogens (primary N) is 1. The van der Waals surface area contributed by atoms with Crippen molar-refractivity contribution in [1.29, 1.82) is 0 Å². The maximum atomic E-state index is 13.1. The molecule has 0 saturated carbocycles. The van der Waals surface area contributed by atoms with Gasteiger partial charge in [-0.05, 0) is 31.5 Å². The van der Waals surface area contributed by atoms with Gasteiger partial charge in [-0.1, -0.05) is 17.7 Å². The van der Waals surface area contributed by atoms with E-state index in [9.17, 15) is 17.7 Å². The average Bonchev–Trinajstić information content (AvgIpc) is 2.37. The minimum absolute atomic E-state index is 0.0000806. The van der Waals surface area contributed by atoms with E-state index in [1.807, 2.05) is 0 Å². The molecule has 0 amide bonds. The van der Waals surface area contributed by atoms with E-state index in [1.54, 1.807) is 13.8 Å². The van der Waals surface area contributed by atoms with Crippen LogP contribution in [0, 0.1) is 0 Å². The van der Waals surface area contributed by atoms with Crippen LogP contribution in [0.2, 0.25) is 5.02 Å². The van der Waals surface area contributed by atoms with Gasteiger partial charge in [0.1, 0.15) is 5.78 Å². The maximum absolute atomic E-state index is 13.1. The molecule has 2 N–H and O–H groups in total. The van der Waals surface area contributed by atoms with Gasteiger partial charge in [0, 0.05) is 5.02 Å². The Hall–Kier alpha value is -0.590. The van der Waals surface area contributed by atoms with Crippen LogP contribution in [0.3, 0.4) is 0 Å². The van der Waals surface area contributed by atoms with Crippen LogP contribution in [0.1, 0.15) is 30.8 Å². The molecular weight excluding hydrogens is 330 g/mol. The van der Waals surface area contributed by atoms with Gasteiger partial charge < -0.3 is 14.8 Å². The summed E-state index contributed by atoms with van der Waals surface area (Å²) in [6.45, 7) is 3.09. The molecule has 0 spiro atoms. The molecule has 0 saturated heterocycles. The topological polar surface area (TPSA) is 61.5 Å². The number of benzene rings is 1. The summed E-state index contributed by atoms with van der Waals surface area (Å²) >= 11 is 5.59. The van der Waals surface area contributed by atoms with Crippen LogP contribution in [0.4, 0.5) is 13.2 Å². The zero-order valence-electron chi connectivity index (χ0n) is 11.5. The van der Waals surface area contributed by atoms with Gasteiger partial charge in [-0.2, -0.15) is 13.2 Å². The minimum Gasteiger partial charge on any atom is -0.314 e. The molecule has 9 heteroatoms. The summed E-state index contributed by atoms with van der Waals surface area (Å²) in [7, 11) is -3.91. The summed E-state index contributed by atoms with van der Waals surface area (Å²) in [5, 5.41) is -0.0964. The monoisotopic (exact) mass is 345 g/mol. The summed E-state index contributed by atoms with van der Waals surface area (Å²) < 4.78 is 61.7. The summed E-state index contributed by atoms with van der Waals surface area (Å²) in [4.78, 5) is 0. The van der Waals surface area contributed by atoms with Gasteiger partial charge in [0.2, 0.25) is 0 Å². The zero-order valence-corrected chi connectivity index (χ0v) is 13.1. The number of rotatable bonds is 6. The molecule has 0 fully saturated rings. The van der Waals surface area contributed by atoms with Crippen molar-refractivity contribution in [2.75, 3.05) is 13.2 Å². The molecule has 21 heavy (non-hydrogen) atoms. The minimum atomic E-state index is -4.68. The van der Waals surface area contributed by atoms with Crippen molar-refractivity contribution in [2.45, 2.75) is 25.8 Å². The average molecular weight is 346 g/mol. The zero-order chi connectivity index (χ0) is 16.3. The lowest BCUT2D eigenvalue weighted by atomic mass is 10.1. The molecule has 1 atom stereocenters. The molecular formula is C12H16ClF3NO3P. The van der Waals surface area contributed by atoms with E-state index in [0.29, 0.717) is 0 Å². The fourth-order valence-corrected chi connectivity index (χ4v) is 3.61. The summed E-state index contributed by atoms with van der Waals surface area (Å²) in [6.07, 6.45) is -4.68. The second kappa shape index (κ2) is 7.11. The first-order valence-electron chi connectivity index (χ1n) is 6.16. The normalized spacial score (nSPS) is 14.2. The predicted molar refractivity (Wildman–Crippen MR) is 74.2 cm³/mol. The Morgan fingerprint density at radius 1 is 1.29 bits per heavy atom. The second-order valence-electron chi connectivity index (χ2n) is 4.05. The Morgan fingerprint density at radius 3 is 2.24 bits per heavy atom. The van der Waals surface area contributed by atoms with Gasteiger partial charge in [0.15, 0.2) is 0 Å². The molecule has 0 aliphatic rings. The molecule has 1 aromatic carbocycles. The SMILES string of the molecule is CCOP(=O)(OCC)[C@H](N)c1ccc(Cl)cc1C(F)(F)F. The highest BCUT2D eigenvalue weighted by molar-refractivity contribution is 7.54. The second-order valence-corrected chi connectivity index (χ2v) is 6.64. The number of hydrogen-bond acceptors (Lipinski definition) is 4. The lowest BCUT2D eigenvalue weighted by Crippen LogP contribution is -2.20. The Balaban J connectivity index is 3.34. The van der Waals surface area contributed by atoms with Gasteiger partial charge >= 0.3 is 13.8 Å². The molecule has 120 valence electrons. The van der Waals surface area contributed by atoms with Crippen LogP contribution in [0.5, 0.6) is 0 Å². The first-order valence-corrected chi connectivity index (χ1v) is 8.15. The number of halogens is 4. The smallest absolute Gasteiger partial charge is 0.314 e.